The molecule has 3 rings (SSSR count). The summed E-state index contributed by atoms with van der Waals surface area (Å²) in [7, 11) is 0. The number of pyridine rings is 1. The summed E-state index contributed by atoms with van der Waals surface area (Å²) in [6.45, 7) is 0. The first kappa shape index (κ1) is 12.5. The highest BCUT2D eigenvalue weighted by atomic mass is 35.5. The van der Waals surface area contributed by atoms with E-state index in [1.54, 1.807) is 36.7 Å². The molecular weight excluding hydrogens is 276 g/mol. The Balaban J connectivity index is 1.97. The van der Waals surface area contributed by atoms with E-state index in [9.17, 15) is 4.79 Å². The molecule has 0 aliphatic rings. The number of nitrogens with two attached hydrogens (primary N) is 1. The van der Waals surface area contributed by atoms with Crippen LogP contribution < -0.4 is 11.1 Å². The monoisotopic (exact) mass is 286 g/mol. The number of fused-ring (bicyclic) bond motifs is 1. The predicted molar refractivity (Wildman–Crippen MR) is 79.9 cm³/mol. The third-order valence-corrected chi connectivity index (χ3v) is 3.25. The largest absolute Gasteiger partial charge is 0.399 e. The number of H-pyrrole nitrogens is 1. The number of hydrogen-bond acceptors (Lipinski definition) is 3. The van der Waals surface area contributed by atoms with Gasteiger partial charge in [-0.2, -0.15) is 0 Å². The van der Waals surface area contributed by atoms with E-state index in [4.69, 9.17) is 17.3 Å². The van der Waals surface area contributed by atoms with Crippen LogP contribution in [-0.2, 0) is 0 Å². The zero-order chi connectivity index (χ0) is 14.1. The molecule has 0 spiro atoms. The van der Waals surface area contributed by atoms with Crippen molar-refractivity contribution in [1.82, 2.24) is 9.97 Å². The van der Waals surface area contributed by atoms with Gasteiger partial charge in [0.25, 0.3) is 5.91 Å². The minimum absolute atomic E-state index is 0.289. The van der Waals surface area contributed by atoms with Crippen LogP contribution in [0.5, 0.6) is 0 Å². The molecule has 1 aromatic carbocycles. The molecule has 5 nitrogen and oxygen atoms in total. The van der Waals surface area contributed by atoms with Crippen LogP contribution in [0.2, 0.25) is 5.02 Å². The van der Waals surface area contributed by atoms with E-state index in [0.717, 1.165) is 10.9 Å². The molecule has 4 N–H and O–H groups in total. The molecule has 0 aliphatic carbocycles. The summed E-state index contributed by atoms with van der Waals surface area (Å²) in [6, 6.07) is 8.72. The minimum atomic E-state index is -0.289. The van der Waals surface area contributed by atoms with E-state index in [-0.39, 0.29) is 5.91 Å². The van der Waals surface area contributed by atoms with Crippen molar-refractivity contribution in [1.29, 1.82) is 0 Å². The number of aromatic amines is 1. The molecule has 100 valence electrons. The molecule has 20 heavy (non-hydrogen) atoms. The number of halogens is 1. The van der Waals surface area contributed by atoms with Crippen molar-refractivity contribution in [3.63, 3.8) is 0 Å². The number of aromatic nitrogens is 2. The van der Waals surface area contributed by atoms with E-state index in [1.165, 1.54) is 0 Å². The van der Waals surface area contributed by atoms with Crippen molar-refractivity contribution in [2.45, 2.75) is 0 Å². The van der Waals surface area contributed by atoms with Crippen molar-refractivity contribution >= 4 is 39.9 Å². The van der Waals surface area contributed by atoms with E-state index in [0.29, 0.717) is 22.1 Å². The van der Waals surface area contributed by atoms with E-state index >= 15 is 0 Å². The second-order valence-corrected chi connectivity index (χ2v) is 4.70. The van der Waals surface area contributed by atoms with Crippen LogP contribution in [0, 0.1) is 0 Å². The van der Waals surface area contributed by atoms with Crippen molar-refractivity contribution < 1.29 is 4.79 Å². The summed E-state index contributed by atoms with van der Waals surface area (Å²) in [6.07, 6.45) is 3.20. The lowest BCUT2D eigenvalue weighted by Crippen LogP contribution is -2.12. The number of rotatable bonds is 2. The van der Waals surface area contributed by atoms with Gasteiger partial charge in [-0.3, -0.25) is 4.79 Å². The zero-order valence-electron chi connectivity index (χ0n) is 10.4. The fourth-order valence-electron chi connectivity index (χ4n) is 1.98. The number of anilines is 2. The topological polar surface area (TPSA) is 83.8 Å². The first-order valence-electron chi connectivity index (χ1n) is 5.93. The maximum Gasteiger partial charge on any atom is 0.259 e. The maximum atomic E-state index is 12.3. The molecule has 0 atom stereocenters. The van der Waals surface area contributed by atoms with E-state index in [2.05, 4.69) is 15.3 Å². The number of nitrogens with one attached hydrogen (secondary N) is 2. The zero-order valence-corrected chi connectivity index (χ0v) is 11.1. The first-order chi connectivity index (χ1) is 9.65. The SMILES string of the molecule is Nc1ccc2[nH]cc(C(=O)Nc3ncccc3Cl)c2c1. The molecule has 0 aliphatic heterocycles. The van der Waals surface area contributed by atoms with Gasteiger partial charge in [-0.15, -0.1) is 0 Å². The molecule has 3 aromatic rings. The Morgan fingerprint density at radius 2 is 2.20 bits per heavy atom. The molecule has 0 fully saturated rings. The molecule has 2 heterocycles. The van der Waals surface area contributed by atoms with Crippen LogP contribution in [0.25, 0.3) is 10.9 Å². The molecule has 0 unspecified atom stereocenters. The normalized spacial score (nSPS) is 10.7. The van der Waals surface area contributed by atoms with Gasteiger partial charge >= 0.3 is 0 Å². The van der Waals surface area contributed by atoms with Gasteiger partial charge < -0.3 is 16.0 Å². The summed E-state index contributed by atoms with van der Waals surface area (Å²) in [5, 5.41) is 3.83. The number of nitrogen functional groups attached to an aromatic ring is 1. The summed E-state index contributed by atoms with van der Waals surface area (Å²) in [5.74, 6) is 0.0415. The highest BCUT2D eigenvalue weighted by Gasteiger charge is 2.14. The standard InChI is InChI=1S/C14H11ClN4O/c15-11-2-1-5-17-13(11)19-14(20)10-7-18-12-4-3-8(16)6-9(10)12/h1-7,18H,16H2,(H,17,19,20). The van der Waals surface area contributed by atoms with Crippen LogP contribution in [0.4, 0.5) is 11.5 Å². The van der Waals surface area contributed by atoms with Crippen molar-refractivity contribution in [3.8, 4) is 0 Å². The fourth-order valence-corrected chi connectivity index (χ4v) is 2.15. The lowest BCUT2D eigenvalue weighted by molar-refractivity contribution is 0.102. The average Bonchev–Trinajstić information content (AvgIpc) is 2.84. The summed E-state index contributed by atoms with van der Waals surface area (Å²) >= 11 is 5.97. The number of benzene rings is 1. The number of carbonyl (C=O) groups excluding carboxylic acids is 1. The molecule has 2 aromatic heterocycles. The summed E-state index contributed by atoms with van der Waals surface area (Å²) in [5.41, 5.74) is 7.69. The predicted octanol–water partition coefficient (Wildman–Crippen LogP) is 3.05. The Labute approximate surface area is 119 Å². The lowest BCUT2D eigenvalue weighted by Gasteiger charge is -2.05. The number of hydrogen-bond donors (Lipinski definition) is 3. The number of amides is 1. The Morgan fingerprint density at radius 3 is 3.00 bits per heavy atom. The quantitative estimate of drug-likeness (QED) is 0.633. The van der Waals surface area contributed by atoms with Crippen molar-refractivity contribution in [2.24, 2.45) is 0 Å². The molecule has 1 amide bonds. The third-order valence-electron chi connectivity index (χ3n) is 2.94. The molecule has 6 heteroatoms. The van der Waals surface area contributed by atoms with Crippen molar-refractivity contribution in [3.05, 3.63) is 53.3 Å². The third kappa shape index (κ3) is 2.19. The van der Waals surface area contributed by atoms with Crippen LogP contribution in [0.3, 0.4) is 0 Å². The Morgan fingerprint density at radius 1 is 1.35 bits per heavy atom. The lowest BCUT2D eigenvalue weighted by atomic mass is 10.1. The highest BCUT2D eigenvalue weighted by molar-refractivity contribution is 6.33. The van der Waals surface area contributed by atoms with Gasteiger partial charge in [-0.1, -0.05) is 11.6 Å². The smallest absolute Gasteiger partial charge is 0.259 e. The van der Waals surface area contributed by atoms with E-state index in [1.807, 2.05) is 6.07 Å². The molecular formula is C14H11ClN4O. The van der Waals surface area contributed by atoms with Crippen molar-refractivity contribution in [2.75, 3.05) is 11.1 Å². The molecule has 0 saturated carbocycles. The molecule has 0 bridgehead atoms. The second kappa shape index (κ2) is 4.86. The Kier molecular flexibility index (Phi) is 3.04. The van der Waals surface area contributed by atoms with Gasteiger partial charge in [0, 0.05) is 29.0 Å². The van der Waals surface area contributed by atoms with Gasteiger partial charge in [0.1, 0.15) is 0 Å². The van der Waals surface area contributed by atoms with Crippen LogP contribution in [0.15, 0.2) is 42.7 Å². The van der Waals surface area contributed by atoms with Crippen LogP contribution in [0.1, 0.15) is 10.4 Å². The Hall–Kier alpha value is -2.53. The van der Waals surface area contributed by atoms with Gasteiger partial charge in [-0.25, -0.2) is 4.98 Å². The van der Waals surface area contributed by atoms with Gasteiger partial charge in [-0.05, 0) is 30.3 Å². The maximum absolute atomic E-state index is 12.3. The fraction of sp³-hybridized carbons (Fsp3) is 0. The van der Waals surface area contributed by atoms with Gasteiger partial charge in [0.2, 0.25) is 0 Å². The first-order valence-corrected chi connectivity index (χ1v) is 6.31. The molecule has 0 saturated heterocycles. The van der Waals surface area contributed by atoms with Crippen LogP contribution >= 0.6 is 11.6 Å². The number of carbonyl (C=O) groups is 1. The van der Waals surface area contributed by atoms with Gasteiger partial charge in [0.15, 0.2) is 5.82 Å². The minimum Gasteiger partial charge on any atom is -0.399 e. The Bertz CT molecular complexity index is 797. The van der Waals surface area contributed by atoms with E-state index < -0.39 is 0 Å². The highest BCUT2D eigenvalue weighted by Crippen LogP contribution is 2.23. The van der Waals surface area contributed by atoms with Crippen LogP contribution in [-0.4, -0.2) is 15.9 Å². The molecule has 0 radical (unpaired) electrons. The van der Waals surface area contributed by atoms with Gasteiger partial charge in [0.05, 0.1) is 10.6 Å². The summed E-state index contributed by atoms with van der Waals surface area (Å²) in [4.78, 5) is 19.3. The second-order valence-electron chi connectivity index (χ2n) is 4.30. The average molecular weight is 287 g/mol. The summed E-state index contributed by atoms with van der Waals surface area (Å²) < 4.78 is 0. The number of nitrogens with zero attached hydrogens (tertiary/aromatic N) is 1.